The molecule has 0 saturated heterocycles. The van der Waals surface area contributed by atoms with E-state index < -0.39 is 0 Å². The highest BCUT2D eigenvalue weighted by molar-refractivity contribution is 6.35. The van der Waals surface area contributed by atoms with E-state index in [2.05, 4.69) is 15.4 Å². The fourth-order valence-corrected chi connectivity index (χ4v) is 0.539. The van der Waals surface area contributed by atoms with Crippen LogP contribution in [0.15, 0.2) is 17.4 Å². The molecule has 52 valence electrons. The molecule has 0 atom stereocenters. The van der Waals surface area contributed by atoms with Crippen LogP contribution in [0.3, 0.4) is 0 Å². The van der Waals surface area contributed by atoms with E-state index in [9.17, 15) is 4.79 Å². The fourth-order valence-electron chi connectivity index (χ4n) is 0.539. The molecular formula is C5H5N3O2. The predicted octanol–water partition coefficient (Wildman–Crippen LogP) is -0.213. The average Bonchev–Trinajstić information content (AvgIpc) is 2.43. The summed E-state index contributed by atoms with van der Waals surface area (Å²) in [5, 5.41) is 17.0. The van der Waals surface area contributed by atoms with Crippen LogP contribution in [0.4, 0.5) is 0 Å². The van der Waals surface area contributed by atoms with Crippen molar-refractivity contribution < 1.29 is 10.0 Å². The molecule has 0 aliphatic rings. The zero-order valence-electron chi connectivity index (χ0n) is 4.98. The summed E-state index contributed by atoms with van der Waals surface area (Å²) in [5.74, 6) is 0. The van der Waals surface area contributed by atoms with Gasteiger partial charge in [0.25, 0.3) is 0 Å². The molecule has 0 unspecified atom stereocenters. The molecule has 0 aromatic carbocycles. The van der Waals surface area contributed by atoms with E-state index in [0.717, 1.165) is 0 Å². The minimum atomic E-state index is -0.0579. The van der Waals surface area contributed by atoms with Gasteiger partial charge in [-0.15, -0.1) is 0 Å². The van der Waals surface area contributed by atoms with Gasteiger partial charge < -0.3 is 5.21 Å². The van der Waals surface area contributed by atoms with Crippen LogP contribution >= 0.6 is 0 Å². The second kappa shape index (κ2) is 2.77. The summed E-state index contributed by atoms with van der Waals surface area (Å²) in [7, 11) is 0. The quantitative estimate of drug-likeness (QED) is 0.257. The number of nitrogens with one attached hydrogen (secondary N) is 1. The zero-order valence-corrected chi connectivity index (χ0v) is 4.98. The summed E-state index contributed by atoms with van der Waals surface area (Å²) in [6.45, 7) is 0. The van der Waals surface area contributed by atoms with Gasteiger partial charge in [0.2, 0.25) is 0 Å². The molecule has 2 N–H and O–H groups in total. The monoisotopic (exact) mass is 139 g/mol. The lowest BCUT2D eigenvalue weighted by Crippen LogP contribution is -2.02. The first-order chi connectivity index (χ1) is 4.88. The summed E-state index contributed by atoms with van der Waals surface area (Å²) < 4.78 is 0. The molecule has 0 radical (unpaired) electrons. The van der Waals surface area contributed by atoms with Gasteiger partial charge in [-0.05, 0) is 6.07 Å². The van der Waals surface area contributed by atoms with Gasteiger partial charge in [0.05, 0.1) is 5.69 Å². The molecular weight excluding hydrogens is 134 g/mol. The second-order valence-electron chi connectivity index (χ2n) is 1.57. The lowest BCUT2D eigenvalue weighted by molar-refractivity contribution is -0.102. The van der Waals surface area contributed by atoms with E-state index in [0.29, 0.717) is 12.0 Å². The van der Waals surface area contributed by atoms with Gasteiger partial charge >= 0.3 is 0 Å². The van der Waals surface area contributed by atoms with Crippen LogP contribution in [0, 0.1) is 0 Å². The lowest BCUT2D eigenvalue weighted by Gasteiger charge is -1.86. The van der Waals surface area contributed by atoms with Crippen molar-refractivity contribution in [2.45, 2.75) is 0 Å². The highest BCUT2D eigenvalue weighted by Gasteiger charge is 2.01. The lowest BCUT2D eigenvalue weighted by atomic mass is 10.3. The highest BCUT2D eigenvalue weighted by atomic mass is 16.4. The van der Waals surface area contributed by atoms with E-state index in [1.807, 2.05) is 0 Å². The number of carbonyl (C=O) groups is 1. The molecule has 0 aliphatic heterocycles. The number of rotatable bonds is 2. The molecule has 0 saturated carbocycles. The number of aldehydes is 1. The summed E-state index contributed by atoms with van der Waals surface area (Å²) >= 11 is 0. The van der Waals surface area contributed by atoms with Crippen LogP contribution in [0.2, 0.25) is 0 Å². The Labute approximate surface area is 56.4 Å². The Kier molecular flexibility index (Phi) is 1.79. The third-order valence-electron chi connectivity index (χ3n) is 0.996. The minimum Gasteiger partial charge on any atom is -0.410 e. The van der Waals surface area contributed by atoms with Crippen LogP contribution in [-0.2, 0) is 4.79 Å². The van der Waals surface area contributed by atoms with Crippen molar-refractivity contribution >= 4 is 12.0 Å². The molecule has 1 aromatic heterocycles. The van der Waals surface area contributed by atoms with Crippen LogP contribution in [0.5, 0.6) is 0 Å². The molecule has 0 bridgehead atoms. The molecule has 10 heavy (non-hydrogen) atoms. The maximum Gasteiger partial charge on any atom is 0.174 e. The number of aromatic nitrogens is 2. The van der Waals surface area contributed by atoms with E-state index >= 15 is 0 Å². The van der Waals surface area contributed by atoms with Gasteiger partial charge in [0.15, 0.2) is 12.0 Å². The third kappa shape index (κ3) is 1.02. The number of aromatic amines is 1. The molecule has 1 aromatic rings. The van der Waals surface area contributed by atoms with Crippen LogP contribution in [-0.4, -0.2) is 27.4 Å². The van der Waals surface area contributed by atoms with Gasteiger partial charge in [0.1, 0.15) is 0 Å². The van der Waals surface area contributed by atoms with Gasteiger partial charge in [-0.1, -0.05) is 5.16 Å². The van der Waals surface area contributed by atoms with Gasteiger partial charge in [0, 0.05) is 6.20 Å². The van der Waals surface area contributed by atoms with Crippen LogP contribution < -0.4 is 0 Å². The summed E-state index contributed by atoms with van der Waals surface area (Å²) in [5.41, 5.74) is 0.343. The van der Waals surface area contributed by atoms with Gasteiger partial charge in [-0.2, -0.15) is 5.10 Å². The molecule has 0 fully saturated rings. The van der Waals surface area contributed by atoms with Crippen molar-refractivity contribution in [2.24, 2.45) is 5.16 Å². The van der Waals surface area contributed by atoms with Crippen molar-refractivity contribution in [3.8, 4) is 0 Å². The van der Waals surface area contributed by atoms with Crippen molar-refractivity contribution in [2.75, 3.05) is 0 Å². The maximum absolute atomic E-state index is 10.1. The Morgan fingerprint density at radius 1 is 1.90 bits per heavy atom. The van der Waals surface area contributed by atoms with Crippen LogP contribution in [0.25, 0.3) is 0 Å². The molecule has 0 spiro atoms. The highest BCUT2D eigenvalue weighted by Crippen LogP contribution is 1.91. The average molecular weight is 139 g/mol. The third-order valence-corrected chi connectivity index (χ3v) is 0.996. The Morgan fingerprint density at radius 3 is 3.10 bits per heavy atom. The Bertz CT molecular complexity index is 239. The van der Waals surface area contributed by atoms with Crippen molar-refractivity contribution in [1.29, 1.82) is 0 Å². The Hall–Kier alpha value is -1.65. The maximum atomic E-state index is 10.1. The first kappa shape index (κ1) is 6.47. The predicted molar refractivity (Wildman–Crippen MR) is 33.0 cm³/mol. The molecule has 0 aliphatic carbocycles. The van der Waals surface area contributed by atoms with Crippen molar-refractivity contribution in [3.05, 3.63) is 18.0 Å². The molecule has 1 rings (SSSR count). The van der Waals surface area contributed by atoms with Crippen molar-refractivity contribution in [3.63, 3.8) is 0 Å². The molecule has 0 amide bonds. The number of carbonyl (C=O) groups excluding carboxylic acids is 1. The topological polar surface area (TPSA) is 78.3 Å². The Balaban J connectivity index is 2.95. The number of nitrogens with zero attached hydrogens (tertiary/aromatic N) is 2. The smallest absolute Gasteiger partial charge is 0.174 e. The number of hydrogen-bond donors (Lipinski definition) is 2. The van der Waals surface area contributed by atoms with Crippen LogP contribution in [0.1, 0.15) is 5.69 Å². The summed E-state index contributed by atoms with van der Waals surface area (Å²) in [6, 6.07) is 1.53. The van der Waals surface area contributed by atoms with Gasteiger partial charge in [-0.25, -0.2) is 0 Å². The molecule has 5 nitrogen and oxygen atoms in total. The normalized spacial score (nSPS) is 11.4. The first-order valence-electron chi connectivity index (χ1n) is 2.55. The second-order valence-corrected chi connectivity index (χ2v) is 1.57. The number of oxime groups is 1. The largest absolute Gasteiger partial charge is 0.410 e. The molecule has 1 heterocycles. The molecule has 5 heteroatoms. The standard InChI is InChI=1S/C5H5N3O2/c9-3-5(8-10)4-1-2-6-7-4/h1-3,10H,(H,6,7). The van der Waals surface area contributed by atoms with E-state index in [1.54, 1.807) is 0 Å². The van der Waals surface area contributed by atoms with Crippen molar-refractivity contribution in [1.82, 2.24) is 10.2 Å². The summed E-state index contributed by atoms with van der Waals surface area (Å²) in [4.78, 5) is 10.1. The fraction of sp³-hybridized carbons (Fsp3) is 0. The van der Waals surface area contributed by atoms with Gasteiger partial charge in [-0.3, -0.25) is 9.89 Å². The minimum absolute atomic E-state index is 0.0579. The first-order valence-corrected chi connectivity index (χ1v) is 2.55. The zero-order chi connectivity index (χ0) is 7.40. The van der Waals surface area contributed by atoms with E-state index in [1.165, 1.54) is 12.3 Å². The number of hydrogen-bond acceptors (Lipinski definition) is 4. The SMILES string of the molecule is O=CC(=NO)c1ccn[nH]1. The Morgan fingerprint density at radius 2 is 2.70 bits per heavy atom. The summed E-state index contributed by atoms with van der Waals surface area (Å²) in [6.07, 6.45) is 1.90. The van der Waals surface area contributed by atoms with E-state index in [4.69, 9.17) is 5.21 Å². The number of H-pyrrole nitrogens is 1. The van der Waals surface area contributed by atoms with E-state index in [-0.39, 0.29) is 5.71 Å².